The molecule has 1 saturated heterocycles. The highest BCUT2D eigenvalue weighted by Crippen LogP contribution is 2.37. The summed E-state index contributed by atoms with van der Waals surface area (Å²) in [5.74, 6) is 1.66. The normalized spacial score (nSPS) is 26.7. The number of ether oxygens (including phenoxy) is 1. The molecule has 0 spiro atoms. The molecule has 4 nitrogen and oxygen atoms in total. The lowest BCUT2D eigenvalue weighted by Crippen LogP contribution is -2.47. The van der Waals surface area contributed by atoms with Gasteiger partial charge in [0.25, 0.3) is 0 Å². The van der Waals surface area contributed by atoms with Crippen LogP contribution < -0.4 is 4.90 Å². The van der Waals surface area contributed by atoms with Crippen molar-refractivity contribution in [2.24, 2.45) is 5.92 Å². The molecular weight excluding hydrogens is 190 g/mol. The van der Waals surface area contributed by atoms with Crippen LogP contribution in [0.25, 0.3) is 0 Å². The lowest BCUT2D eigenvalue weighted by molar-refractivity contribution is 0.0869. The van der Waals surface area contributed by atoms with E-state index >= 15 is 0 Å². The second-order valence-corrected chi connectivity index (χ2v) is 4.22. The van der Waals surface area contributed by atoms with Gasteiger partial charge in [-0.15, -0.1) is 0 Å². The van der Waals surface area contributed by atoms with Crippen LogP contribution >= 0.6 is 0 Å². The van der Waals surface area contributed by atoms with Crippen molar-refractivity contribution in [3.8, 4) is 0 Å². The Balaban J connectivity index is 1.82. The summed E-state index contributed by atoms with van der Waals surface area (Å²) in [7, 11) is 0. The first-order chi connectivity index (χ1) is 7.45. The van der Waals surface area contributed by atoms with Crippen molar-refractivity contribution in [2.75, 3.05) is 24.7 Å². The Bertz CT molecular complexity index is 326. The standard InChI is InChI=1S/C11H15N3O/c1-4-12-11(13-5-1)14-6-7-15-8-10(14)9-2-3-9/h1,4-5,9-10H,2-3,6-8H2/t10-/m0/s1. The zero-order valence-corrected chi connectivity index (χ0v) is 8.67. The summed E-state index contributed by atoms with van der Waals surface area (Å²) in [5, 5.41) is 0. The minimum atomic E-state index is 0.501. The fourth-order valence-electron chi connectivity index (χ4n) is 2.18. The van der Waals surface area contributed by atoms with Crippen molar-refractivity contribution in [1.29, 1.82) is 0 Å². The predicted octanol–water partition coefficient (Wildman–Crippen LogP) is 1.09. The van der Waals surface area contributed by atoms with E-state index in [1.807, 2.05) is 18.5 Å². The highest BCUT2D eigenvalue weighted by atomic mass is 16.5. The minimum Gasteiger partial charge on any atom is -0.377 e. The Morgan fingerprint density at radius 3 is 2.80 bits per heavy atom. The molecule has 0 aromatic carbocycles. The van der Waals surface area contributed by atoms with E-state index in [1.165, 1.54) is 12.8 Å². The van der Waals surface area contributed by atoms with Crippen molar-refractivity contribution in [3.05, 3.63) is 18.5 Å². The third kappa shape index (κ3) is 1.81. The maximum Gasteiger partial charge on any atom is 0.225 e. The molecule has 4 heteroatoms. The van der Waals surface area contributed by atoms with E-state index in [9.17, 15) is 0 Å². The molecule has 2 aliphatic rings. The van der Waals surface area contributed by atoms with E-state index in [1.54, 1.807) is 0 Å². The second kappa shape index (κ2) is 3.77. The number of hydrogen-bond acceptors (Lipinski definition) is 4. The molecule has 0 N–H and O–H groups in total. The van der Waals surface area contributed by atoms with Gasteiger partial charge in [0.1, 0.15) is 0 Å². The van der Waals surface area contributed by atoms with Crippen molar-refractivity contribution >= 4 is 5.95 Å². The van der Waals surface area contributed by atoms with Crippen molar-refractivity contribution in [2.45, 2.75) is 18.9 Å². The van der Waals surface area contributed by atoms with Crippen LogP contribution in [0.2, 0.25) is 0 Å². The average Bonchev–Trinajstić information content (AvgIpc) is 3.14. The molecule has 3 rings (SSSR count). The third-order valence-corrected chi connectivity index (χ3v) is 3.14. The smallest absolute Gasteiger partial charge is 0.225 e. The lowest BCUT2D eigenvalue weighted by atomic mass is 10.1. The van der Waals surface area contributed by atoms with E-state index in [2.05, 4.69) is 14.9 Å². The van der Waals surface area contributed by atoms with Crippen LogP contribution in [0.5, 0.6) is 0 Å². The summed E-state index contributed by atoms with van der Waals surface area (Å²) < 4.78 is 5.54. The summed E-state index contributed by atoms with van der Waals surface area (Å²) in [6.45, 7) is 2.55. The van der Waals surface area contributed by atoms with E-state index in [0.717, 1.165) is 31.6 Å². The molecule has 0 bridgehead atoms. The van der Waals surface area contributed by atoms with E-state index in [0.29, 0.717) is 6.04 Å². The van der Waals surface area contributed by atoms with Gasteiger partial charge < -0.3 is 9.64 Å². The molecule has 2 fully saturated rings. The van der Waals surface area contributed by atoms with Gasteiger partial charge in [-0.25, -0.2) is 9.97 Å². The first-order valence-electron chi connectivity index (χ1n) is 5.56. The molecule has 1 atom stereocenters. The fraction of sp³-hybridized carbons (Fsp3) is 0.636. The van der Waals surface area contributed by atoms with Gasteiger partial charge in [-0.2, -0.15) is 0 Å². The zero-order chi connectivity index (χ0) is 10.1. The minimum absolute atomic E-state index is 0.501. The number of rotatable bonds is 2. The zero-order valence-electron chi connectivity index (χ0n) is 8.67. The molecule has 2 heterocycles. The molecule has 0 unspecified atom stereocenters. The molecule has 1 aliphatic carbocycles. The molecular formula is C11H15N3O. The van der Waals surface area contributed by atoms with Gasteiger partial charge in [0, 0.05) is 18.9 Å². The number of aromatic nitrogens is 2. The summed E-state index contributed by atoms with van der Waals surface area (Å²) in [5.41, 5.74) is 0. The maximum atomic E-state index is 5.54. The second-order valence-electron chi connectivity index (χ2n) is 4.22. The topological polar surface area (TPSA) is 38.2 Å². The van der Waals surface area contributed by atoms with Crippen LogP contribution in [-0.4, -0.2) is 35.8 Å². The Hall–Kier alpha value is -1.16. The summed E-state index contributed by atoms with van der Waals surface area (Å²) in [6.07, 6.45) is 6.28. The van der Waals surface area contributed by atoms with Crippen LogP contribution in [0.4, 0.5) is 5.95 Å². The van der Waals surface area contributed by atoms with Crippen LogP contribution in [-0.2, 0) is 4.74 Å². The van der Waals surface area contributed by atoms with Crippen molar-refractivity contribution < 1.29 is 4.74 Å². The first-order valence-corrected chi connectivity index (χ1v) is 5.56. The largest absolute Gasteiger partial charge is 0.377 e. The summed E-state index contributed by atoms with van der Waals surface area (Å²) in [4.78, 5) is 11.0. The molecule has 1 aromatic rings. The Morgan fingerprint density at radius 2 is 2.07 bits per heavy atom. The van der Waals surface area contributed by atoms with Gasteiger partial charge in [0.05, 0.1) is 19.3 Å². The van der Waals surface area contributed by atoms with Gasteiger partial charge in [-0.05, 0) is 24.8 Å². The molecule has 0 radical (unpaired) electrons. The number of hydrogen-bond donors (Lipinski definition) is 0. The molecule has 1 aromatic heterocycles. The average molecular weight is 205 g/mol. The molecule has 80 valence electrons. The van der Waals surface area contributed by atoms with E-state index in [-0.39, 0.29) is 0 Å². The van der Waals surface area contributed by atoms with Gasteiger partial charge >= 0.3 is 0 Å². The van der Waals surface area contributed by atoms with Crippen LogP contribution in [0.3, 0.4) is 0 Å². The highest BCUT2D eigenvalue weighted by molar-refractivity contribution is 5.32. The van der Waals surface area contributed by atoms with Gasteiger partial charge in [0.2, 0.25) is 5.95 Å². The monoisotopic (exact) mass is 205 g/mol. The first kappa shape index (κ1) is 9.09. The molecule has 0 amide bonds. The predicted molar refractivity (Wildman–Crippen MR) is 56.7 cm³/mol. The van der Waals surface area contributed by atoms with Crippen molar-refractivity contribution in [1.82, 2.24) is 9.97 Å². The molecule has 1 aliphatic heterocycles. The Kier molecular flexibility index (Phi) is 2.29. The van der Waals surface area contributed by atoms with Crippen molar-refractivity contribution in [3.63, 3.8) is 0 Å². The number of nitrogens with zero attached hydrogens (tertiary/aromatic N) is 3. The fourth-order valence-corrected chi connectivity index (χ4v) is 2.18. The number of anilines is 1. The number of morpholine rings is 1. The third-order valence-electron chi connectivity index (χ3n) is 3.14. The quantitative estimate of drug-likeness (QED) is 0.724. The SMILES string of the molecule is c1cnc(N2CCOC[C@H]2C2CC2)nc1. The van der Waals surface area contributed by atoms with E-state index in [4.69, 9.17) is 4.74 Å². The Morgan fingerprint density at radius 1 is 1.27 bits per heavy atom. The summed E-state index contributed by atoms with van der Waals surface area (Å²) in [6, 6.07) is 2.36. The molecule has 15 heavy (non-hydrogen) atoms. The van der Waals surface area contributed by atoms with Gasteiger partial charge in [-0.1, -0.05) is 0 Å². The Labute approximate surface area is 89.3 Å². The van der Waals surface area contributed by atoms with Crippen LogP contribution in [0.1, 0.15) is 12.8 Å². The summed E-state index contributed by atoms with van der Waals surface area (Å²) >= 11 is 0. The molecule has 1 saturated carbocycles. The highest BCUT2D eigenvalue weighted by Gasteiger charge is 2.38. The van der Waals surface area contributed by atoms with Crippen LogP contribution in [0, 0.1) is 5.92 Å². The van der Waals surface area contributed by atoms with E-state index < -0.39 is 0 Å². The van der Waals surface area contributed by atoms with Crippen LogP contribution in [0.15, 0.2) is 18.5 Å². The maximum absolute atomic E-state index is 5.54. The lowest BCUT2D eigenvalue weighted by Gasteiger charge is -2.35. The van der Waals surface area contributed by atoms with Gasteiger partial charge in [0.15, 0.2) is 0 Å². The van der Waals surface area contributed by atoms with Gasteiger partial charge in [-0.3, -0.25) is 0 Å².